The molecule has 122 valence electrons. The number of nitrogens with zero attached hydrogens (tertiary/aromatic N) is 3. The zero-order chi connectivity index (χ0) is 16.4. The van der Waals surface area contributed by atoms with E-state index in [1.807, 2.05) is 19.0 Å². The van der Waals surface area contributed by atoms with Crippen molar-refractivity contribution in [2.45, 2.75) is 31.2 Å². The van der Waals surface area contributed by atoms with Gasteiger partial charge in [-0.2, -0.15) is 5.10 Å². The molecule has 0 aliphatic carbocycles. The summed E-state index contributed by atoms with van der Waals surface area (Å²) >= 11 is 0. The summed E-state index contributed by atoms with van der Waals surface area (Å²) in [5, 5.41) is 4.27. The van der Waals surface area contributed by atoms with Crippen LogP contribution in [0.4, 0.5) is 0 Å². The standard InChI is InChI=1S/C13H26N4O3S/c1-13(2,21(6,18)19)12(14)11-10(20-5)9-15-17(11)8-7-16(3)4/h9,12H,7-8,14H2,1-6H3. The van der Waals surface area contributed by atoms with Crippen LogP contribution in [0.15, 0.2) is 6.20 Å². The third-order valence-corrected chi connectivity index (χ3v) is 5.99. The number of ether oxygens (including phenoxy) is 1. The normalized spacial score (nSPS) is 14.5. The number of hydrogen-bond donors (Lipinski definition) is 1. The highest BCUT2D eigenvalue weighted by Crippen LogP contribution is 2.34. The highest BCUT2D eigenvalue weighted by molar-refractivity contribution is 7.92. The molecule has 1 aromatic heterocycles. The van der Waals surface area contributed by atoms with Crippen LogP contribution in [0.2, 0.25) is 0 Å². The van der Waals surface area contributed by atoms with E-state index in [0.29, 0.717) is 18.0 Å². The largest absolute Gasteiger partial charge is 0.493 e. The van der Waals surface area contributed by atoms with Crippen molar-refractivity contribution < 1.29 is 13.2 Å². The van der Waals surface area contributed by atoms with E-state index in [1.54, 1.807) is 24.7 Å². The molecule has 0 fully saturated rings. The molecule has 2 N–H and O–H groups in total. The van der Waals surface area contributed by atoms with Crippen LogP contribution in [0.25, 0.3) is 0 Å². The van der Waals surface area contributed by atoms with Crippen molar-refractivity contribution in [3.63, 3.8) is 0 Å². The molecule has 0 radical (unpaired) electrons. The maximum absolute atomic E-state index is 12.0. The van der Waals surface area contributed by atoms with Crippen LogP contribution in [0.1, 0.15) is 25.6 Å². The van der Waals surface area contributed by atoms with Gasteiger partial charge in [-0.25, -0.2) is 8.42 Å². The third kappa shape index (κ3) is 3.75. The summed E-state index contributed by atoms with van der Waals surface area (Å²) in [5.41, 5.74) is 6.86. The van der Waals surface area contributed by atoms with Crippen LogP contribution in [-0.4, -0.2) is 61.9 Å². The van der Waals surface area contributed by atoms with Gasteiger partial charge in [-0.3, -0.25) is 4.68 Å². The molecule has 21 heavy (non-hydrogen) atoms. The smallest absolute Gasteiger partial charge is 0.161 e. The van der Waals surface area contributed by atoms with Crippen molar-refractivity contribution in [1.29, 1.82) is 0 Å². The molecule has 0 bridgehead atoms. The molecule has 1 aromatic rings. The summed E-state index contributed by atoms with van der Waals surface area (Å²) in [7, 11) is 2.11. The van der Waals surface area contributed by atoms with Gasteiger partial charge in [-0.15, -0.1) is 0 Å². The van der Waals surface area contributed by atoms with Crippen LogP contribution in [0.3, 0.4) is 0 Å². The molecule has 0 saturated carbocycles. The summed E-state index contributed by atoms with van der Waals surface area (Å²) in [6, 6.07) is -0.730. The van der Waals surface area contributed by atoms with Crippen molar-refractivity contribution in [3.8, 4) is 5.75 Å². The van der Waals surface area contributed by atoms with Crippen LogP contribution in [-0.2, 0) is 16.4 Å². The maximum atomic E-state index is 12.0. The first kappa shape index (κ1) is 17.9. The van der Waals surface area contributed by atoms with E-state index < -0.39 is 20.6 Å². The fourth-order valence-corrected chi connectivity index (χ4v) is 2.45. The average Bonchev–Trinajstić information content (AvgIpc) is 2.76. The Morgan fingerprint density at radius 1 is 1.48 bits per heavy atom. The quantitative estimate of drug-likeness (QED) is 0.776. The van der Waals surface area contributed by atoms with Gasteiger partial charge in [0.05, 0.1) is 36.3 Å². The van der Waals surface area contributed by atoms with E-state index in [-0.39, 0.29) is 0 Å². The molecule has 0 aliphatic heterocycles. The van der Waals surface area contributed by atoms with Crippen molar-refractivity contribution in [2.24, 2.45) is 5.73 Å². The van der Waals surface area contributed by atoms with Crippen LogP contribution >= 0.6 is 0 Å². The molecular weight excluding hydrogens is 292 g/mol. The Hall–Kier alpha value is -1.12. The fraction of sp³-hybridized carbons (Fsp3) is 0.769. The summed E-state index contributed by atoms with van der Waals surface area (Å²) in [4.78, 5) is 2.02. The summed E-state index contributed by atoms with van der Waals surface area (Å²) in [6.07, 6.45) is 2.77. The first-order valence-electron chi connectivity index (χ1n) is 6.72. The van der Waals surface area contributed by atoms with E-state index in [1.165, 1.54) is 13.4 Å². The van der Waals surface area contributed by atoms with E-state index in [9.17, 15) is 8.42 Å². The molecule has 0 amide bonds. The van der Waals surface area contributed by atoms with Gasteiger partial charge in [0.1, 0.15) is 0 Å². The van der Waals surface area contributed by atoms with Crippen molar-refractivity contribution in [1.82, 2.24) is 14.7 Å². The molecule has 7 nitrogen and oxygen atoms in total. The fourth-order valence-electron chi connectivity index (χ4n) is 1.88. The van der Waals surface area contributed by atoms with Gasteiger partial charge in [-0.1, -0.05) is 0 Å². The van der Waals surface area contributed by atoms with Gasteiger partial charge in [0.25, 0.3) is 0 Å². The lowest BCUT2D eigenvalue weighted by Gasteiger charge is -2.30. The van der Waals surface area contributed by atoms with Gasteiger partial charge < -0.3 is 15.4 Å². The lowest BCUT2D eigenvalue weighted by atomic mass is 10.0. The average molecular weight is 318 g/mol. The lowest BCUT2D eigenvalue weighted by Crippen LogP contribution is -2.43. The zero-order valence-electron chi connectivity index (χ0n) is 13.6. The number of likely N-dealkylation sites (N-methyl/N-ethyl adjacent to an activating group) is 1. The molecule has 0 aromatic carbocycles. The van der Waals surface area contributed by atoms with Crippen LogP contribution < -0.4 is 10.5 Å². The molecular formula is C13H26N4O3S. The van der Waals surface area contributed by atoms with Gasteiger partial charge in [0.15, 0.2) is 15.6 Å². The molecule has 1 atom stereocenters. The van der Waals surface area contributed by atoms with E-state index in [0.717, 1.165) is 6.54 Å². The number of sulfone groups is 1. The predicted molar refractivity (Wildman–Crippen MR) is 83.2 cm³/mol. The number of aromatic nitrogens is 2. The topological polar surface area (TPSA) is 90.4 Å². The molecule has 0 spiro atoms. The maximum Gasteiger partial charge on any atom is 0.161 e. The Bertz CT molecular complexity index is 578. The highest BCUT2D eigenvalue weighted by Gasteiger charge is 2.40. The Morgan fingerprint density at radius 3 is 2.48 bits per heavy atom. The molecule has 1 unspecified atom stereocenters. The first-order chi connectivity index (χ1) is 9.52. The van der Waals surface area contributed by atoms with Crippen LogP contribution in [0, 0.1) is 0 Å². The Balaban J connectivity index is 3.24. The summed E-state index contributed by atoms with van der Waals surface area (Å²) in [5.74, 6) is 0.512. The molecule has 1 heterocycles. The van der Waals surface area contributed by atoms with Crippen molar-refractivity contribution >= 4 is 9.84 Å². The Kier molecular flexibility index (Phi) is 5.40. The number of nitrogens with two attached hydrogens (primary N) is 1. The SMILES string of the molecule is COc1cnn(CCN(C)C)c1C(N)C(C)(C)S(C)(=O)=O. The monoisotopic (exact) mass is 318 g/mol. The molecule has 0 aliphatic rings. The second-order valence-corrected chi connectivity index (χ2v) is 8.57. The summed E-state index contributed by atoms with van der Waals surface area (Å²) in [6.45, 7) is 4.62. The molecule has 0 saturated heterocycles. The Morgan fingerprint density at radius 2 is 2.05 bits per heavy atom. The predicted octanol–water partition coefficient (Wildman–Crippen LogP) is 0.276. The summed E-state index contributed by atoms with van der Waals surface area (Å²) < 4.78 is 29.9. The Labute approximate surface area is 127 Å². The molecule has 8 heteroatoms. The minimum atomic E-state index is -3.33. The van der Waals surface area contributed by atoms with Crippen molar-refractivity contribution in [3.05, 3.63) is 11.9 Å². The lowest BCUT2D eigenvalue weighted by molar-refractivity contribution is 0.353. The van der Waals surface area contributed by atoms with Gasteiger partial charge >= 0.3 is 0 Å². The van der Waals surface area contributed by atoms with Gasteiger partial charge in [-0.05, 0) is 27.9 Å². The van der Waals surface area contributed by atoms with E-state index in [2.05, 4.69) is 5.10 Å². The minimum absolute atomic E-state index is 0.512. The first-order valence-corrected chi connectivity index (χ1v) is 8.61. The van der Waals surface area contributed by atoms with E-state index in [4.69, 9.17) is 10.5 Å². The number of methoxy groups -OCH3 is 1. The zero-order valence-corrected chi connectivity index (χ0v) is 14.4. The van der Waals surface area contributed by atoms with Crippen LogP contribution in [0.5, 0.6) is 5.75 Å². The van der Waals surface area contributed by atoms with Crippen molar-refractivity contribution in [2.75, 3.05) is 34.0 Å². The second kappa shape index (κ2) is 6.33. The number of rotatable bonds is 7. The third-order valence-electron chi connectivity index (χ3n) is 3.82. The second-order valence-electron chi connectivity index (χ2n) is 5.98. The van der Waals surface area contributed by atoms with Gasteiger partial charge in [0.2, 0.25) is 0 Å². The van der Waals surface area contributed by atoms with E-state index >= 15 is 0 Å². The van der Waals surface area contributed by atoms with Gasteiger partial charge in [0, 0.05) is 12.8 Å². The minimum Gasteiger partial charge on any atom is -0.493 e. The highest BCUT2D eigenvalue weighted by atomic mass is 32.2. The number of hydrogen-bond acceptors (Lipinski definition) is 6. The molecule has 1 rings (SSSR count).